The Labute approximate surface area is 154 Å². The van der Waals surface area contributed by atoms with E-state index in [0.717, 1.165) is 11.3 Å². The third-order valence-corrected chi connectivity index (χ3v) is 4.34. The van der Waals surface area contributed by atoms with Crippen molar-refractivity contribution < 1.29 is 23.9 Å². The van der Waals surface area contributed by atoms with E-state index in [2.05, 4.69) is 15.6 Å². The number of esters is 1. The molecule has 2 N–H and O–H groups in total. The molecule has 1 aromatic heterocycles. The number of thiazole rings is 1. The van der Waals surface area contributed by atoms with Crippen LogP contribution in [0, 0.1) is 6.92 Å². The number of amides is 2. The average molecular weight is 377 g/mol. The van der Waals surface area contributed by atoms with Gasteiger partial charge in [-0.25, -0.2) is 4.98 Å². The van der Waals surface area contributed by atoms with Crippen molar-refractivity contribution in [2.75, 3.05) is 25.6 Å². The number of benzene rings is 1. The first kappa shape index (κ1) is 19.4. The van der Waals surface area contributed by atoms with E-state index < -0.39 is 5.97 Å². The van der Waals surface area contributed by atoms with Crippen LogP contribution in [0.1, 0.15) is 32.6 Å². The van der Waals surface area contributed by atoms with Crippen molar-refractivity contribution in [2.24, 2.45) is 0 Å². The van der Waals surface area contributed by atoms with E-state index in [9.17, 15) is 14.4 Å². The molecule has 0 saturated heterocycles. The second-order valence-corrected chi connectivity index (χ2v) is 6.21. The molecule has 0 fully saturated rings. The van der Waals surface area contributed by atoms with Crippen LogP contribution in [0.2, 0.25) is 0 Å². The number of methoxy groups -OCH3 is 1. The molecule has 0 aliphatic rings. The minimum atomic E-state index is -0.406. The summed E-state index contributed by atoms with van der Waals surface area (Å²) < 4.78 is 9.80. The number of carbonyl (C=O) groups excluding carboxylic acids is 3. The summed E-state index contributed by atoms with van der Waals surface area (Å²) >= 11 is 1.08. The Morgan fingerprint density at radius 2 is 1.85 bits per heavy atom. The van der Waals surface area contributed by atoms with Gasteiger partial charge in [0.15, 0.2) is 5.13 Å². The normalized spacial score (nSPS) is 10.1. The van der Waals surface area contributed by atoms with Gasteiger partial charge in [0.1, 0.15) is 17.2 Å². The molecule has 2 amide bonds. The third-order valence-electron chi connectivity index (χ3n) is 3.27. The second kappa shape index (κ2) is 8.95. The number of aromatic nitrogens is 1. The van der Waals surface area contributed by atoms with Gasteiger partial charge in [-0.05, 0) is 31.2 Å². The van der Waals surface area contributed by atoms with Crippen molar-refractivity contribution in [3.63, 3.8) is 0 Å². The van der Waals surface area contributed by atoms with Crippen LogP contribution >= 0.6 is 11.3 Å². The Morgan fingerprint density at radius 3 is 2.46 bits per heavy atom. The SMILES string of the molecule is COc1ccc(C(=O)Nc2nc(C)c(C(=O)NCCOC(C)=O)s2)cc1. The monoisotopic (exact) mass is 377 g/mol. The first-order chi connectivity index (χ1) is 12.4. The molecule has 1 aromatic carbocycles. The number of ether oxygens (including phenoxy) is 2. The van der Waals surface area contributed by atoms with Gasteiger partial charge in [0.2, 0.25) is 0 Å². The molecule has 138 valence electrons. The van der Waals surface area contributed by atoms with Crippen molar-refractivity contribution in [1.82, 2.24) is 10.3 Å². The molecule has 8 nitrogen and oxygen atoms in total. The molecule has 26 heavy (non-hydrogen) atoms. The quantitative estimate of drug-likeness (QED) is 0.565. The Morgan fingerprint density at radius 1 is 1.15 bits per heavy atom. The maximum atomic E-state index is 12.2. The first-order valence-corrected chi connectivity index (χ1v) is 8.56. The molecule has 9 heteroatoms. The minimum Gasteiger partial charge on any atom is -0.497 e. The summed E-state index contributed by atoms with van der Waals surface area (Å²) in [6, 6.07) is 6.64. The van der Waals surface area contributed by atoms with Gasteiger partial charge in [0, 0.05) is 12.5 Å². The fraction of sp³-hybridized carbons (Fsp3) is 0.294. The summed E-state index contributed by atoms with van der Waals surface area (Å²) in [6.45, 7) is 3.27. The predicted octanol–water partition coefficient (Wildman–Crippen LogP) is 2.01. The molecule has 2 aromatic rings. The highest BCUT2D eigenvalue weighted by atomic mass is 32.1. The Bertz CT molecular complexity index is 801. The van der Waals surface area contributed by atoms with Gasteiger partial charge >= 0.3 is 5.97 Å². The summed E-state index contributed by atoms with van der Waals surface area (Å²) in [5, 5.41) is 5.63. The summed E-state index contributed by atoms with van der Waals surface area (Å²) in [5.41, 5.74) is 0.955. The predicted molar refractivity (Wildman–Crippen MR) is 96.8 cm³/mol. The maximum Gasteiger partial charge on any atom is 0.302 e. The van der Waals surface area contributed by atoms with Gasteiger partial charge in [-0.3, -0.25) is 19.7 Å². The van der Waals surface area contributed by atoms with Gasteiger partial charge in [-0.1, -0.05) is 11.3 Å². The van der Waals surface area contributed by atoms with Crippen LogP contribution in [0.4, 0.5) is 5.13 Å². The lowest BCUT2D eigenvalue weighted by atomic mass is 10.2. The second-order valence-electron chi connectivity index (χ2n) is 5.21. The number of hydrogen-bond acceptors (Lipinski definition) is 7. The van der Waals surface area contributed by atoms with E-state index in [4.69, 9.17) is 9.47 Å². The number of nitrogens with zero attached hydrogens (tertiary/aromatic N) is 1. The molecule has 0 saturated carbocycles. The number of hydrogen-bond donors (Lipinski definition) is 2. The van der Waals surface area contributed by atoms with Crippen LogP contribution in [0.25, 0.3) is 0 Å². The zero-order chi connectivity index (χ0) is 19.1. The molecule has 1 heterocycles. The van der Waals surface area contributed by atoms with Crippen LogP contribution in [0.5, 0.6) is 5.75 Å². The highest BCUT2D eigenvalue weighted by Gasteiger charge is 2.17. The van der Waals surface area contributed by atoms with Crippen molar-refractivity contribution in [2.45, 2.75) is 13.8 Å². The standard InChI is InChI=1S/C17H19N3O5S/c1-10-14(16(23)18-8-9-25-11(2)21)26-17(19-10)20-15(22)12-4-6-13(24-3)7-5-12/h4-7H,8-9H2,1-3H3,(H,18,23)(H,19,20,22). The number of rotatable bonds is 7. The van der Waals surface area contributed by atoms with Gasteiger partial charge < -0.3 is 14.8 Å². The fourth-order valence-corrected chi connectivity index (χ4v) is 2.89. The average Bonchev–Trinajstić information content (AvgIpc) is 2.98. The molecule has 0 bridgehead atoms. The van der Waals surface area contributed by atoms with Crippen molar-refractivity contribution in [3.05, 3.63) is 40.4 Å². The molecule has 0 radical (unpaired) electrons. The van der Waals surface area contributed by atoms with E-state index in [1.54, 1.807) is 38.3 Å². The summed E-state index contributed by atoms with van der Waals surface area (Å²) in [4.78, 5) is 39.7. The van der Waals surface area contributed by atoms with E-state index in [1.807, 2.05) is 0 Å². The Hall–Kier alpha value is -2.94. The van der Waals surface area contributed by atoms with E-state index >= 15 is 0 Å². The van der Waals surface area contributed by atoms with Crippen LogP contribution in [0.3, 0.4) is 0 Å². The van der Waals surface area contributed by atoms with Crippen molar-refractivity contribution in [3.8, 4) is 5.75 Å². The minimum absolute atomic E-state index is 0.0972. The molecule has 0 aliphatic heterocycles. The molecular weight excluding hydrogens is 358 g/mol. The van der Waals surface area contributed by atoms with Gasteiger partial charge in [-0.2, -0.15) is 0 Å². The lowest BCUT2D eigenvalue weighted by molar-refractivity contribution is -0.140. The van der Waals surface area contributed by atoms with Gasteiger partial charge in [-0.15, -0.1) is 0 Å². The highest BCUT2D eigenvalue weighted by molar-refractivity contribution is 7.17. The van der Waals surface area contributed by atoms with Crippen LogP contribution in [0.15, 0.2) is 24.3 Å². The summed E-state index contributed by atoms with van der Waals surface area (Å²) in [5.74, 6) is -0.420. The fourth-order valence-electron chi connectivity index (χ4n) is 2.01. The van der Waals surface area contributed by atoms with E-state index in [0.29, 0.717) is 27.0 Å². The number of carbonyl (C=O) groups is 3. The number of nitrogens with one attached hydrogen (secondary N) is 2. The number of aryl methyl sites for hydroxylation is 1. The lowest BCUT2D eigenvalue weighted by Crippen LogP contribution is -2.27. The molecular formula is C17H19N3O5S. The molecule has 0 unspecified atom stereocenters. The number of anilines is 1. The molecule has 0 spiro atoms. The van der Waals surface area contributed by atoms with Gasteiger partial charge in [0.25, 0.3) is 11.8 Å². The van der Waals surface area contributed by atoms with Crippen LogP contribution in [-0.4, -0.2) is 43.0 Å². The van der Waals surface area contributed by atoms with Gasteiger partial charge in [0.05, 0.1) is 19.3 Å². The maximum absolute atomic E-state index is 12.2. The zero-order valence-electron chi connectivity index (χ0n) is 14.6. The van der Waals surface area contributed by atoms with Crippen molar-refractivity contribution >= 4 is 34.3 Å². The molecule has 0 atom stereocenters. The topological polar surface area (TPSA) is 107 Å². The summed E-state index contributed by atoms with van der Waals surface area (Å²) in [7, 11) is 1.55. The molecule has 0 aliphatic carbocycles. The Balaban J connectivity index is 1.96. The molecule has 2 rings (SSSR count). The first-order valence-electron chi connectivity index (χ1n) is 7.75. The zero-order valence-corrected chi connectivity index (χ0v) is 15.4. The Kier molecular flexibility index (Phi) is 6.67. The third kappa shape index (κ3) is 5.28. The highest BCUT2D eigenvalue weighted by Crippen LogP contribution is 2.23. The lowest BCUT2D eigenvalue weighted by Gasteiger charge is -2.04. The van der Waals surface area contributed by atoms with E-state index in [-0.39, 0.29) is 25.0 Å². The van der Waals surface area contributed by atoms with Crippen molar-refractivity contribution in [1.29, 1.82) is 0 Å². The van der Waals surface area contributed by atoms with Crippen LogP contribution in [-0.2, 0) is 9.53 Å². The van der Waals surface area contributed by atoms with Crippen LogP contribution < -0.4 is 15.4 Å². The largest absolute Gasteiger partial charge is 0.497 e. The van der Waals surface area contributed by atoms with E-state index in [1.165, 1.54) is 6.92 Å². The smallest absolute Gasteiger partial charge is 0.302 e. The summed E-state index contributed by atoms with van der Waals surface area (Å²) in [6.07, 6.45) is 0.